The topological polar surface area (TPSA) is 57.6 Å². The number of carbonyl (C=O) groups excluding carboxylic acids is 1. The summed E-state index contributed by atoms with van der Waals surface area (Å²) >= 11 is 0. The average molecular weight is 199 g/mol. The van der Waals surface area contributed by atoms with Crippen LogP contribution in [0.2, 0.25) is 0 Å². The van der Waals surface area contributed by atoms with E-state index in [0.29, 0.717) is 25.0 Å². The van der Waals surface area contributed by atoms with Crippen molar-refractivity contribution in [2.24, 2.45) is 0 Å². The van der Waals surface area contributed by atoms with E-state index in [4.69, 9.17) is 5.11 Å². The van der Waals surface area contributed by atoms with Crippen molar-refractivity contribution in [3.05, 3.63) is 0 Å². The lowest BCUT2D eigenvalue weighted by Crippen LogP contribution is -2.40. The van der Waals surface area contributed by atoms with E-state index in [9.17, 15) is 9.59 Å². The van der Waals surface area contributed by atoms with Gasteiger partial charge in [-0.2, -0.15) is 0 Å². The van der Waals surface area contributed by atoms with Crippen LogP contribution in [0, 0.1) is 0 Å². The summed E-state index contributed by atoms with van der Waals surface area (Å²) < 4.78 is 0. The Morgan fingerprint density at radius 3 is 2.57 bits per heavy atom. The van der Waals surface area contributed by atoms with Crippen molar-refractivity contribution in [1.82, 2.24) is 4.90 Å². The molecule has 0 radical (unpaired) electrons. The van der Waals surface area contributed by atoms with Crippen molar-refractivity contribution in [3.63, 3.8) is 0 Å². The van der Waals surface area contributed by atoms with Crippen LogP contribution in [0.5, 0.6) is 0 Å². The molecule has 1 aliphatic heterocycles. The van der Waals surface area contributed by atoms with Crippen LogP contribution in [0.3, 0.4) is 0 Å². The second-order valence-corrected chi connectivity index (χ2v) is 3.86. The summed E-state index contributed by atoms with van der Waals surface area (Å²) in [7, 11) is 0. The fraction of sp³-hybridized carbons (Fsp3) is 0.800. The lowest BCUT2D eigenvalue weighted by molar-refractivity contribution is -0.137. The van der Waals surface area contributed by atoms with Crippen molar-refractivity contribution in [2.75, 3.05) is 13.1 Å². The lowest BCUT2D eigenvalue weighted by Gasteiger charge is -2.31. The second kappa shape index (κ2) is 5.10. The number of aliphatic carboxylic acids is 1. The lowest BCUT2D eigenvalue weighted by atomic mass is 10.1. The molecule has 1 saturated heterocycles. The van der Waals surface area contributed by atoms with Gasteiger partial charge in [0.15, 0.2) is 0 Å². The Morgan fingerprint density at radius 2 is 2.07 bits per heavy atom. The zero-order valence-electron chi connectivity index (χ0n) is 8.53. The highest BCUT2D eigenvalue weighted by Gasteiger charge is 2.20. The van der Waals surface area contributed by atoms with Crippen molar-refractivity contribution in [3.8, 4) is 0 Å². The number of piperidine rings is 1. The molecule has 0 aromatic heterocycles. The van der Waals surface area contributed by atoms with E-state index in [1.165, 1.54) is 0 Å². The van der Waals surface area contributed by atoms with Gasteiger partial charge in [0, 0.05) is 38.4 Å². The van der Waals surface area contributed by atoms with Gasteiger partial charge in [-0.3, -0.25) is 14.5 Å². The first-order valence-corrected chi connectivity index (χ1v) is 5.07. The maximum Gasteiger partial charge on any atom is 0.303 e. The first-order chi connectivity index (χ1) is 6.59. The normalized spacial score (nSPS) is 20.8. The van der Waals surface area contributed by atoms with E-state index in [0.717, 1.165) is 13.1 Å². The molecule has 4 heteroatoms. The van der Waals surface area contributed by atoms with Crippen LogP contribution in [-0.4, -0.2) is 40.9 Å². The van der Waals surface area contributed by atoms with Gasteiger partial charge in [-0.1, -0.05) is 0 Å². The number of hydrogen-bond donors (Lipinski definition) is 1. The van der Waals surface area contributed by atoms with Gasteiger partial charge in [-0.25, -0.2) is 0 Å². The first-order valence-electron chi connectivity index (χ1n) is 5.07. The Bertz CT molecular complexity index is 217. The Balaban J connectivity index is 2.26. The summed E-state index contributed by atoms with van der Waals surface area (Å²) in [5.41, 5.74) is 0. The number of carbonyl (C=O) groups is 2. The van der Waals surface area contributed by atoms with Crippen LogP contribution in [-0.2, 0) is 9.59 Å². The number of ketones is 1. The van der Waals surface area contributed by atoms with E-state index in [1.54, 1.807) is 0 Å². The van der Waals surface area contributed by atoms with Gasteiger partial charge in [0.2, 0.25) is 0 Å². The van der Waals surface area contributed by atoms with Crippen LogP contribution < -0.4 is 0 Å². The molecule has 4 nitrogen and oxygen atoms in total. The summed E-state index contributed by atoms with van der Waals surface area (Å²) in [5, 5.41) is 8.53. The van der Waals surface area contributed by atoms with Crippen LogP contribution in [0.25, 0.3) is 0 Å². The van der Waals surface area contributed by atoms with Gasteiger partial charge in [0.05, 0.1) is 0 Å². The summed E-state index contributed by atoms with van der Waals surface area (Å²) in [5.74, 6) is -0.420. The summed E-state index contributed by atoms with van der Waals surface area (Å²) in [6.07, 6.45) is 2.13. The third kappa shape index (κ3) is 3.46. The number of rotatable bonds is 4. The molecule has 0 aromatic rings. The van der Waals surface area contributed by atoms with Gasteiger partial charge in [-0.15, -0.1) is 0 Å². The van der Waals surface area contributed by atoms with Gasteiger partial charge in [-0.05, 0) is 13.3 Å². The minimum absolute atomic E-state index is 0.214. The number of hydrogen-bond acceptors (Lipinski definition) is 3. The summed E-state index contributed by atoms with van der Waals surface area (Å²) in [6.45, 7) is 3.61. The van der Waals surface area contributed by atoms with Crippen molar-refractivity contribution in [1.29, 1.82) is 0 Å². The number of nitrogens with zero attached hydrogens (tertiary/aromatic N) is 1. The molecule has 0 aliphatic carbocycles. The minimum Gasteiger partial charge on any atom is -0.481 e. The summed E-state index contributed by atoms with van der Waals surface area (Å²) in [4.78, 5) is 23.5. The van der Waals surface area contributed by atoms with Crippen molar-refractivity contribution < 1.29 is 14.7 Å². The molecule has 1 N–H and O–H groups in total. The molecular weight excluding hydrogens is 182 g/mol. The number of carboxylic acid groups (broad SMARTS) is 1. The third-order valence-electron chi connectivity index (χ3n) is 2.76. The van der Waals surface area contributed by atoms with Gasteiger partial charge in [0.25, 0.3) is 0 Å². The van der Waals surface area contributed by atoms with E-state index < -0.39 is 5.97 Å². The fourth-order valence-corrected chi connectivity index (χ4v) is 1.73. The molecule has 1 unspecified atom stereocenters. The highest BCUT2D eigenvalue weighted by Crippen LogP contribution is 2.13. The van der Waals surface area contributed by atoms with Crippen LogP contribution in [0.4, 0.5) is 0 Å². The predicted octanol–water partition coefficient (Wildman–Crippen LogP) is 0.905. The molecular formula is C10H17NO3. The molecule has 14 heavy (non-hydrogen) atoms. The van der Waals surface area contributed by atoms with Crippen LogP contribution in [0.15, 0.2) is 0 Å². The Hall–Kier alpha value is -0.900. The monoisotopic (exact) mass is 199 g/mol. The molecule has 1 heterocycles. The van der Waals surface area contributed by atoms with Crippen LogP contribution >= 0.6 is 0 Å². The van der Waals surface area contributed by atoms with Gasteiger partial charge >= 0.3 is 5.97 Å². The van der Waals surface area contributed by atoms with E-state index in [1.807, 2.05) is 6.92 Å². The predicted molar refractivity (Wildman–Crippen MR) is 52.1 cm³/mol. The zero-order valence-corrected chi connectivity index (χ0v) is 8.53. The quantitative estimate of drug-likeness (QED) is 0.731. The van der Waals surface area contributed by atoms with Crippen molar-refractivity contribution >= 4 is 11.8 Å². The van der Waals surface area contributed by atoms with Gasteiger partial charge < -0.3 is 5.11 Å². The number of carboxylic acids is 1. The zero-order chi connectivity index (χ0) is 10.6. The largest absolute Gasteiger partial charge is 0.481 e. The second-order valence-electron chi connectivity index (χ2n) is 3.86. The molecule has 0 aromatic carbocycles. The number of likely N-dealkylation sites (tertiary alicyclic amines) is 1. The molecule has 1 atom stereocenters. The molecule has 0 amide bonds. The molecule has 1 fully saturated rings. The highest BCUT2D eigenvalue weighted by molar-refractivity contribution is 5.79. The molecule has 80 valence electrons. The van der Waals surface area contributed by atoms with E-state index in [2.05, 4.69) is 4.90 Å². The molecule has 0 spiro atoms. The SMILES string of the molecule is CC(CCC(=O)O)N1CCC(=O)CC1. The molecule has 0 saturated carbocycles. The first kappa shape index (κ1) is 11.2. The molecule has 1 aliphatic rings. The number of Topliss-reactive ketones (excluding diaryl/α,β-unsaturated/α-hetero) is 1. The van der Waals surface area contributed by atoms with Gasteiger partial charge in [0.1, 0.15) is 5.78 Å². The Kier molecular flexibility index (Phi) is 4.07. The van der Waals surface area contributed by atoms with Crippen LogP contribution in [0.1, 0.15) is 32.6 Å². The Morgan fingerprint density at radius 1 is 1.50 bits per heavy atom. The van der Waals surface area contributed by atoms with E-state index in [-0.39, 0.29) is 12.5 Å². The standard InChI is InChI=1S/C10H17NO3/c1-8(2-3-10(13)14)11-6-4-9(12)5-7-11/h8H,2-7H2,1H3,(H,13,14). The maximum absolute atomic E-state index is 11.0. The molecule has 1 rings (SSSR count). The highest BCUT2D eigenvalue weighted by atomic mass is 16.4. The third-order valence-corrected chi connectivity index (χ3v) is 2.76. The fourth-order valence-electron chi connectivity index (χ4n) is 1.73. The minimum atomic E-state index is -0.745. The molecule has 0 bridgehead atoms. The van der Waals surface area contributed by atoms with Crippen molar-refractivity contribution in [2.45, 2.75) is 38.6 Å². The Labute approximate surface area is 83.9 Å². The van der Waals surface area contributed by atoms with E-state index >= 15 is 0 Å². The smallest absolute Gasteiger partial charge is 0.303 e. The average Bonchev–Trinajstić information content (AvgIpc) is 2.15. The maximum atomic E-state index is 11.0. The summed E-state index contributed by atoms with van der Waals surface area (Å²) in [6, 6.07) is 0.277.